The van der Waals surface area contributed by atoms with E-state index >= 15 is 0 Å². The number of rotatable bonds is 4. The first-order chi connectivity index (χ1) is 6.58. The number of hydrogen-bond acceptors (Lipinski definition) is 2. The van der Waals surface area contributed by atoms with Crippen molar-refractivity contribution in [1.82, 2.24) is 0 Å². The first-order valence-corrected chi connectivity index (χ1v) is 7.71. The Morgan fingerprint density at radius 2 is 1.14 bits per heavy atom. The Balaban J connectivity index is 2.68. The maximum Gasteiger partial charge on any atom is 0.0482 e. The van der Waals surface area contributed by atoms with Crippen molar-refractivity contribution in [2.45, 2.75) is 11.5 Å². The van der Waals surface area contributed by atoms with E-state index in [2.05, 4.69) is 0 Å². The Hall–Kier alpha value is -0.480. The first-order valence-electron chi connectivity index (χ1n) is 4.26. The van der Waals surface area contributed by atoms with Crippen molar-refractivity contribution < 1.29 is 8.42 Å². The Labute approximate surface area is 89.6 Å². The zero-order valence-electron chi connectivity index (χ0n) is 8.36. The molecule has 0 aliphatic heterocycles. The summed E-state index contributed by atoms with van der Waals surface area (Å²) in [4.78, 5) is 0. The van der Waals surface area contributed by atoms with E-state index in [1.807, 2.05) is 24.3 Å². The molecular formula is C10H14O2S2. The summed E-state index contributed by atoms with van der Waals surface area (Å²) < 4.78 is 21.9. The molecule has 1 rings (SSSR count). The van der Waals surface area contributed by atoms with Gasteiger partial charge in [-0.25, -0.2) is 0 Å². The lowest BCUT2D eigenvalue weighted by atomic mass is 10.2. The summed E-state index contributed by atoms with van der Waals surface area (Å²) in [7, 11) is -1.59. The van der Waals surface area contributed by atoms with E-state index in [0.717, 1.165) is 11.1 Å². The molecule has 0 heterocycles. The van der Waals surface area contributed by atoms with E-state index in [9.17, 15) is 8.42 Å². The monoisotopic (exact) mass is 230 g/mol. The van der Waals surface area contributed by atoms with Gasteiger partial charge in [-0.2, -0.15) is 0 Å². The molecule has 0 fully saturated rings. The average molecular weight is 230 g/mol. The summed E-state index contributed by atoms with van der Waals surface area (Å²) in [5.74, 6) is 1.19. The molecule has 0 aliphatic rings. The van der Waals surface area contributed by atoms with Crippen LogP contribution in [0.4, 0.5) is 0 Å². The maximum absolute atomic E-state index is 10.9. The Bertz CT molecular complexity index is 309. The van der Waals surface area contributed by atoms with Crippen LogP contribution in [-0.2, 0) is 33.1 Å². The SMILES string of the molecule is CS(=O)Cc1ccc(CS(C)=O)cc1. The van der Waals surface area contributed by atoms with Crippen LogP contribution < -0.4 is 0 Å². The minimum absolute atomic E-state index is 0.593. The Morgan fingerprint density at radius 3 is 1.36 bits per heavy atom. The number of hydrogen-bond donors (Lipinski definition) is 0. The van der Waals surface area contributed by atoms with Crippen LogP contribution in [0.15, 0.2) is 24.3 Å². The summed E-state index contributed by atoms with van der Waals surface area (Å²) in [5, 5.41) is 0. The highest BCUT2D eigenvalue weighted by Gasteiger charge is 1.98. The molecule has 0 amide bonds. The fourth-order valence-corrected chi connectivity index (χ4v) is 2.52. The van der Waals surface area contributed by atoms with E-state index in [1.165, 1.54) is 0 Å². The molecular weight excluding hydrogens is 216 g/mol. The zero-order valence-corrected chi connectivity index (χ0v) is 9.99. The van der Waals surface area contributed by atoms with Gasteiger partial charge in [0, 0.05) is 45.6 Å². The molecule has 1 aromatic carbocycles. The molecule has 1 aromatic rings. The number of benzene rings is 1. The molecule has 0 saturated heterocycles. The van der Waals surface area contributed by atoms with Gasteiger partial charge in [0.05, 0.1) is 0 Å². The molecule has 78 valence electrons. The minimum Gasteiger partial charge on any atom is -0.260 e. The van der Waals surface area contributed by atoms with Crippen LogP contribution in [0.3, 0.4) is 0 Å². The van der Waals surface area contributed by atoms with Crippen molar-refractivity contribution in [3.63, 3.8) is 0 Å². The summed E-state index contributed by atoms with van der Waals surface area (Å²) in [5.41, 5.74) is 2.13. The van der Waals surface area contributed by atoms with Crippen molar-refractivity contribution in [2.75, 3.05) is 12.5 Å². The third-order valence-electron chi connectivity index (χ3n) is 1.76. The van der Waals surface area contributed by atoms with Gasteiger partial charge >= 0.3 is 0 Å². The fourth-order valence-electron chi connectivity index (χ4n) is 1.20. The Morgan fingerprint density at radius 1 is 0.857 bits per heavy atom. The van der Waals surface area contributed by atoms with E-state index < -0.39 is 21.6 Å². The van der Waals surface area contributed by atoms with Crippen LogP contribution in [0.2, 0.25) is 0 Å². The molecule has 0 saturated carbocycles. The molecule has 0 N–H and O–H groups in total. The van der Waals surface area contributed by atoms with Gasteiger partial charge in [0.2, 0.25) is 0 Å². The third-order valence-corrected chi connectivity index (χ3v) is 3.24. The van der Waals surface area contributed by atoms with Gasteiger partial charge in [0.15, 0.2) is 0 Å². The second kappa shape index (κ2) is 5.41. The molecule has 0 bridgehead atoms. The van der Waals surface area contributed by atoms with Gasteiger partial charge in [-0.3, -0.25) is 8.42 Å². The van der Waals surface area contributed by atoms with E-state index in [0.29, 0.717) is 11.5 Å². The molecule has 0 radical (unpaired) electrons. The second-order valence-corrected chi connectivity index (χ2v) is 6.12. The van der Waals surface area contributed by atoms with Gasteiger partial charge in [-0.15, -0.1) is 0 Å². The standard InChI is InChI=1S/C10H14O2S2/c1-13(11)7-9-3-5-10(6-4-9)8-14(2)12/h3-6H,7-8H2,1-2H3. The third kappa shape index (κ3) is 4.15. The molecule has 2 nitrogen and oxygen atoms in total. The second-order valence-electron chi connectivity index (χ2n) is 3.25. The van der Waals surface area contributed by atoms with Crippen LogP contribution >= 0.6 is 0 Å². The normalized spacial score (nSPS) is 15.0. The lowest BCUT2D eigenvalue weighted by molar-refractivity contribution is 0.685. The van der Waals surface area contributed by atoms with Crippen molar-refractivity contribution in [3.05, 3.63) is 35.4 Å². The maximum atomic E-state index is 10.9. The quantitative estimate of drug-likeness (QED) is 0.784. The Kier molecular flexibility index (Phi) is 4.48. The first kappa shape index (κ1) is 11.6. The van der Waals surface area contributed by atoms with E-state index in [1.54, 1.807) is 12.5 Å². The predicted molar refractivity (Wildman–Crippen MR) is 62.0 cm³/mol. The summed E-state index contributed by atoms with van der Waals surface area (Å²) in [6.07, 6.45) is 3.38. The fraction of sp³-hybridized carbons (Fsp3) is 0.400. The van der Waals surface area contributed by atoms with Gasteiger partial charge < -0.3 is 0 Å². The van der Waals surface area contributed by atoms with Crippen molar-refractivity contribution in [1.29, 1.82) is 0 Å². The molecule has 0 spiro atoms. The summed E-state index contributed by atoms with van der Waals surface area (Å²) in [6.45, 7) is 0. The zero-order chi connectivity index (χ0) is 10.6. The highest BCUT2D eigenvalue weighted by atomic mass is 32.2. The van der Waals surface area contributed by atoms with E-state index in [4.69, 9.17) is 0 Å². The summed E-state index contributed by atoms with van der Waals surface area (Å²) >= 11 is 0. The van der Waals surface area contributed by atoms with Crippen LogP contribution in [-0.4, -0.2) is 20.9 Å². The van der Waals surface area contributed by atoms with Gasteiger partial charge in [0.1, 0.15) is 0 Å². The van der Waals surface area contributed by atoms with E-state index in [-0.39, 0.29) is 0 Å². The molecule has 14 heavy (non-hydrogen) atoms. The topological polar surface area (TPSA) is 34.1 Å². The summed E-state index contributed by atoms with van der Waals surface area (Å²) in [6, 6.07) is 7.79. The molecule has 4 heteroatoms. The lowest BCUT2D eigenvalue weighted by Crippen LogP contribution is -1.95. The lowest BCUT2D eigenvalue weighted by Gasteiger charge is -2.01. The predicted octanol–water partition coefficient (Wildman–Crippen LogP) is 1.44. The molecule has 2 unspecified atom stereocenters. The molecule has 0 aliphatic carbocycles. The van der Waals surface area contributed by atoms with Crippen LogP contribution in [0.25, 0.3) is 0 Å². The van der Waals surface area contributed by atoms with Gasteiger partial charge in [-0.1, -0.05) is 24.3 Å². The minimum atomic E-state index is -0.794. The van der Waals surface area contributed by atoms with Crippen LogP contribution in [0, 0.1) is 0 Å². The van der Waals surface area contributed by atoms with Crippen LogP contribution in [0.5, 0.6) is 0 Å². The van der Waals surface area contributed by atoms with Crippen molar-refractivity contribution >= 4 is 21.6 Å². The van der Waals surface area contributed by atoms with Crippen LogP contribution in [0.1, 0.15) is 11.1 Å². The smallest absolute Gasteiger partial charge is 0.0482 e. The largest absolute Gasteiger partial charge is 0.260 e. The molecule has 2 atom stereocenters. The van der Waals surface area contributed by atoms with Crippen molar-refractivity contribution in [3.8, 4) is 0 Å². The average Bonchev–Trinajstić information content (AvgIpc) is 2.06. The van der Waals surface area contributed by atoms with Gasteiger partial charge in [-0.05, 0) is 11.1 Å². The highest BCUT2D eigenvalue weighted by Crippen LogP contribution is 2.07. The highest BCUT2D eigenvalue weighted by molar-refractivity contribution is 7.83. The molecule has 0 aromatic heterocycles. The van der Waals surface area contributed by atoms with Gasteiger partial charge in [0.25, 0.3) is 0 Å². The van der Waals surface area contributed by atoms with Crippen molar-refractivity contribution in [2.24, 2.45) is 0 Å².